The van der Waals surface area contributed by atoms with Crippen LogP contribution < -0.4 is 0 Å². The molecular formula is C27H25N3O4. The van der Waals surface area contributed by atoms with Crippen LogP contribution >= 0.6 is 0 Å². The first kappa shape index (κ1) is 23.1. The summed E-state index contributed by atoms with van der Waals surface area (Å²) < 4.78 is 7.23. The van der Waals surface area contributed by atoms with E-state index in [0.717, 1.165) is 22.2 Å². The number of pyridine rings is 1. The Morgan fingerprint density at radius 2 is 1.91 bits per heavy atom. The number of nitrogens with zero attached hydrogens (tertiary/aromatic N) is 3. The third-order valence-corrected chi connectivity index (χ3v) is 5.44. The Bertz CT molecular complexity index is 1360. The van der Waals surface area contributed by atoms with Crippen molar-refractivity contribution in [1.82, 2.24) is 14.5 Å². The number of carbonyl (C=O) groups excluding carboxylic acids is 1. The second kappa shape index (κ2) is 10.2. The molecule has 0 fully saturated rings. The van der Waals surface area contributed by atoms with Crippen molar-refractivity contribution in [3.63, 3.8) is 0 Å². The second-order valence-corrected chi connectivity index (χ2v) is 8.03. The van der Waals surface area contributed by atoms with Crippen molar-refractivity contribution >= 4 is 29.0 Å². The molecule has 7 nitrogen and oxygen atoms in total. The molecule has 172 valence electrons. The Morgan fingerprint density at radius 3 is 2.68 bits per heavy atom. The SMILES string of the molecule is Cc1ccc(C(=O)c2nc3ncccc3n2CC=Cc2cccc(CO[C@@H](C)C(=O)O)c2)cc1. The molecule has 0 aliphatic carbocycles. The molecule has 0 radical (unpaired) electrons. The van der Waals surface area contributed by atoms with E-state index in [9.17, 15) is 9.59 Å². The van der Waals surface area contributed by atoms with Gasteiger partial charge < -0.3 is 14.4 Å². The monoisotopic (exact) mass is 455 g/mol. The van der Waals surface area contributed by atoms with Crippen LogP contribution in [-0.2, 0) is 22.7 Å². The molecular weight excluding hydrogens is 430 g/mol. The van der Waals surface area contributed by atoms with Crippen molar-refractivity contribution in [3.8, 4) is 0 Å². The normalized spacial score (nSPS) is 12.3. The summed E-state index contributed by atoms with van der Waals surface area (Å²) in [6.45, 7) is 4.13. The van der Waals surface area contributed by atoms with E-state index < -0.39 is 12.1 Å². The number of aromatic nitrogens is 3. The maximum absolute atomic E-state index is 13.2. The fourth-order valence-corrected chi connectivity index (χ4v) is 3.53. The molecule has 0 unspecified atom stereocenters. The van der Waals surface area contributed by atoms with Crippen molar-refractivity contribution in [2.24, 2.45) is 0 Å². The molecule has 0 spiro atoms. The largest absolute Gasteiger partial charge is 0.479 e. The van der Waals surface area contributed by atoms with E-state index in [2.05, 4.69) is 9.97 Å². The predicted molar refractivity (Wildman–Crippen MR) is 130 cm³/mol. The van der Waals surface area contributed by atoms with Crippen LogP contribution in [0.3, 0.4) is 0 Å². The minimum atomic E-state index is -0.992. The zero-order valence-corrected chi connectivity index (χ0v) is 19.0. The summed E-state index contributed by atoms with van der Waals surface area (Å²) in [6.07, 6.45) is 4.70. The molecule has 4 aromatic rings. The second-order valence-electron chi connectivity index (χ2n) is 8.03. The standard InChI is InChI=1S/C27H25N3O4/c1-18-10-12-22(13-11-18)24(31)26-29-25-23(9-4-14-28-25)30(26)15-5-8-20-6-3-7-21(16-20)17-34-19(2)27(32)33/h3-14,16,19H,15,17H2,1-2H3,(H,32,33)/t19-/m0/s1. The average Bonchev–Trinajstić information content (AvgIpc) is 3.21. The van der Waals surface area contributed by atoms with Gasteiger partial charge in [-0.15, -0.1) is 0 Å². The number of rotatable bonds is 9. The van der Waals surface area contributed by atoms with E-state index in [0.29, 0.717) is 23.6 Å². The smallest absolute Gasteiger partial charge is 0.332 e. The van der Waals surface area contributed by atoms with Crippen LogP contribution in [0.2, 0.25) is 0 Å². The highest BCUT2D eigenvalue weighted by atomic mass is 16.5. The zero-order valence-electron chi connectivity index (χ0n) is 19.0. The van der Waals surface area contributed by atoms with Crippen molar-refractivity contribution in [3.05, 3.63) is 101 Å². The predicted octanol–water partition coefficient (Wildman–Crippen LogP) is 4.67. The summed E-state index contributed by atoms with van der Waals surface area (Å²) >= 11 is 0. The van der Waals surface area contributed by atoms with Crippen molar-refractivity contribution < 1.29 is 19.4 Å². The first-order valence-electron chi connectivity index (χ1n) is 10.9. The van der Waals surface area contributed by atoms with Crippen LogP contribution in [-0.4, -0.2) is 37.5 Å². The Morgan fingerprint density at radius 1 is 1.12 bits per heavy atom. The third kappa shape index (κ3) is 5.27. The maximum Gasteiger partial charge on any atom is 0.332 e. The highest BCUT2D eigenvalue weighted by Gasteiger charge is 2.19. The molecule has 0 amide bonds. The molecule has 0 saturated carbocycles. The average molecular weight is 456 g/mol. The Hall–Kier alpha value is -4.10. The van der Waals surface area contributed by atoms with Gasteiger partial charge in [-0.05, 0) is 43.2 Å². The number of ketones is 1. The molecule has 0 bridgehead atoms. The topological polar surface area (TPSA) is 94.3 Å². The Kier molecular flexibility index (Phi) is 6.94. The van der Waals surface area contributed by atoms with Crippen LogP contribution in [0.25, 0.3) is 17.2 Å². The van der Waals surface area contributed by atoms with Crippen LogP contribution in [0.1, 0.15) is 39.8 Å². The lowest BCUT2D eigenvalue weighted by Gasteiger charge is -2.09. The van der Waals surface area contributed by atoms with Crippen LogP contribution in [0.5, 0.6) is 0 Å². The van der Waals surface area contributed by atoms with Gasteiger partial charge in [0.1, 0.15) is 0 Å². The molecule has 1 atom stereocenters. The van der Waals surface area contributed by atoms with E-state index in [4.69, 9.17) is 9.84 Å². The lowest BCUT2D eigenvalue weighted by molar-refractivity contribution is -0.149. The summed E-state index contributed by atoms with van der Waals surface area (Å²) in [5.41, 5.74) is 4.79. The highest BCUT2D eigenvalue weighted by Crippen LogP contribution is 2.18. The fourth-order valence-electron chi connectivity index (χ4n) is 3.53. The van der Waals surface area contributed by atoms with Gasteiger partial charge in [-0.3, -0.25) is 4.79 Å². The minimum absolute atomic E-state index is 0.155. The van der Waals surface area contributed by atoms with Crippen LogP contribution in [0.15, 0.2) is 72.9 Å². The van der Waals surface area contributed by atoms with Gasteiger partial charge >= 0.3 is 5.97 Å². The third-order valence-electron chi connectivity index (χ3n) is 5.44. The molecule has 2 aromatic heterocycles. The van der Waals surface area contributed by atoms with Crippen molar-refractivity contribution in [2.45, 2.75) is 33.1 Å². The number of aryl methyl sites for hydroxylation is 1. The number of imidazole rings is 1. The molecule has 0 aliphatic heterocycles. The van der Waals surface area contributed by atoms with E-state index in [1.165, 1.54) is 6.92 Å². The summed E-state index contributed by atoms with van der Waals surface area (Å²) in [5.74, 6) is -0.806. The lowest BCUT2D eigenvalue weighted by atomic mass is 10.1. The van der Waals surface area contributed by atoms with E-state index in [1.807, 2.05) is 84.3 Å². The number of carbonyl (C=O) groups is 2. The Labute approximate surface area is 197 Å². The zero-order chi connectivity index (χ0) is 24.1. The van der Waals surface area contributed by atoms with Gasteiger partial charge in [-0.25, -0.2) is 14.8 Å². The number of carboxylic acids is 1. The number of benzene rings is 2. The fraction of sp³-hybridized carbons (Fsp3) is 0.185. The van der Waals surface area contributed by atoms with Gasteiger partial charge in [0.25, 0.3) is 0 Å². The van der Waals surface area contributed by atoms with Gasteiger partial charge in [0.2, 0.25) is 5.78 Å². The van der Waals surface area contributed by atoms with E-state index in [1.54, 1.807) is 6.20 Å². The van der Waals surface area contributed by atoms with Gasteiger partial charge in [-0.1, -0.05) is 60.2 Å². The minimum Gasteiger partial charge on any atom is -0.479 e. The van der Waals surface area contributed by atoms with Crippen molar-refractivity contribution in [1.29, 1.82) is 0 Å². The number of aliphatic carboxylic acids is 1. The van der Waals surface area contributed by atoms with Gasteiger partial charge in [0.15, 0.2) is 17.6 Å². The maximum atomic E-state index is 13.2. The number of carboxylic acid groups (broad SMARTS) is 1. The first-order chi connectivity index (χ1) is 16.4. The molecule has 2 aromatic carbocycles. The highest BCUT2D eigenvalue weighted by molar-refractivity contribution is 6.08. The molecule has 0 saturated heterocycles. The van der Waals surface area contributed by atoms with Gasteiger partial charge in [-0.2, -0.15) is 0 Å². The Balaban J connectivity index is 1.56. The molecule has 1 N–H and O–H groups in total. The lowest BCUT2D eigenvalue weighted by Crippen LogP contribution is -2.19. The quantitative estimate of drug-likeness (QED) is 0.369. The van der Waals surface area contributed by atoms with E-state index >= 15 is 0 Å². The molecule has 0 aliphatic rings. The summed E-state index contributed by atoms with van der Waals surface area (Å²) in [4.78, 5) is 33.0. The summed E-state index contributed by atoms with van der Waals surface area (Å²) in [5, 5.41) is 8.97. The molecule has 2 heterocycles. The number of ether oxygens (including phenoxy) is 1. The number of hydrogen-bond donors (Lipinski definition) is 1. The van der Waals surface area contributed by atoms with Gasteiger partial charge in [0.05, 0.1) is 12.1 Å². The summed E-state index contributed by atoms with van der Waals surface area (Å²) in [6, 6.07) is 18.8. The van der Waals surface area contributed by atoms with E-state index in [-0.39, 0.29) is 12.4 Å². The summed E-state index contributed by atoms with van der Waals surface area (Å²) in [7, 11) is 0. The van der Waals surface area contributed by atoms with Crippen LogP contribution in [0, 0.1) is 6.92 Å². The van der Waals surface area contributed by atoms with Crippen LogP contribution in [0.4, 0.5) is 0 Å². The van der Waals surface area contributed by atoms with Crippen molar-refractivity contribution in [2.75, 3.05) is 0 Å². The molecule has 4 rings (SSSR count). The number of allylic oxidation sites excluding steroid dienone is 1. The number of hydrogen-bond acceptors (Lipinski definition) is 5. The first-order valence-corrected chi connectivity index (χ1v) is 10.9. The number of fused-ring (bicyclic) bond motifs is 1. The van der Waals surface area contributed by atoms with Gasteiger partial charge in [0, 0.05) is 18.3 Å². The molecule has 7 heteroatoms. The molecule has 34 heavy (non-hydrogen) atoms.